The molecule has 0 spiro atoms. The Morgan fingerprint density at radius 3 is 2.41 bits per heavy atom. The van der Waals surface area contributed by atoms with Crippen molar-refractivity contribution in [3.05, 3.63) is 76.2 Å². The molecule has 2 aromatic rings. The van der Waals surface area contributed by atoms with E-state index in [9.17, 15) is 23.2 Å². The van der Waals surface area contributed by atoms with Crippen LogP contribution in [0.1, 0.15) is 15.9 Å². The van der Waals surface area contributed by atoms with Crippen LogP contribution < -0.4 is 5.32 Å². The zero-order valence-corrected chi connectivity index (χ0v) is 14.8. The Hall–Kier alpha value is -3.00. The van der Waals surface area contributed by atoms with Gasteiger partial charge >= 0.3 is 0 Å². The van der Waals surface area contributed by atoms with Gasteiger partial charge in [0, 0.05) is 18.7 Å². The molecule has 0 saturated carbocycles. The van der Waals surface area contributed by atoms with Crippen LogP contribution in [0, 0.1) is 11.6 Å². The van der Waals surface area contributed by atoms with E-state index < -0.39 is 28.7 Å². The minimum atomic E-state index is -0.658. The summed E-state index contributed by atoms with van der Waals surface area (Å²) in [6, 6.07) is 11.4. The number of carbonyl (C=O) groups excluding carboxylic acids is 3. The van der Waals surface area contributed by atoms with E-state index in [-0.39, 0.29) is 29.1 Å². The molecule has 0 bridgehead atoms. The third-order valence-electron chi connectivity index (χ3n) is 3.80. The first-order chi connectivity index (χ1) is 13.0. The van der Waals surface area contributed by atoms with Crippen LogP contribution in [0.15, 0.2) is 53.4 Å². The van der Waals surface area contributed by atoms with Crippen molar-refractivity contribution >= 4 is 34.9 Å². The van der Waals surface area contributed by atoms with Gasteiger partial charge in [-0.3, -0.25) is 19.3 Å². The molecule has 2 aromatic carbocycles. The zero-order chi connectivity index (χ0) is 19.4. The number of hydrogen-bond acceptors (Lipinski definition) is 4. The zero-order valence-electron chi connectivity index (χ0n) is 13.9. The van der Waals surface area contributed by atoms with Gasteiger partial charge < -0.3 is 5.32 Å². The summed E-state index contributed by atoms with van der Waals surface area (Å²) >= 11 is 0.702. The molecule has 1 aliphatic heterocycles. The molecule has 1 heterocycles. The van der Waals surface area contributed by atoms with Crippen LogP contribution in [-0.4, -0.2) is 35.0 Å². The van der Waals surface area contributed by atoms with Gasteiger partial charge in [0.1, 0.15) is 11.6 Å². The second kappa shape index (κ2) is 8.13. The van der Waals surface area contributed by atoms with E-state index >= 15 is 0 Å². The number of amides is 3. The third-order valence-corrected chi connectivity index (χ3v) is 4.71. The standard InChI is InChI=1S/C19H14F2N2O3S/c20-14-7-3-1-5-12(14)11-16-18(25)23(19(26)27-16)10-9-22-17(24)13-6-2-4-8-15(13)21/h1-8,11H,9-10H2,(H,22,24). The Kier molecular flexibility index (Phi) is 5.66. The lowest BCUT2D eigenvalue weighted by molar-refractivity contribution is -0.122. The van der Waals surface area contributed by atoms with Crippen LogP contribution in [-0.2, 0) is 4.79 Å². The molecule has 0 atom stereocenters. The predicted octanol–water partition coefficient (Wildman–Crippen LogP) is 3.43. The summed E-state index contributed by atoms with van der Waals surface area (Å²) in [5.74, 6) is -2.36. The molecule has 27 heavy (non-hydrogen) atoms. The second-order valence-corrected chi connectivity index (χ2v) is 6.58. The van der Waals surface area contributed by atoms with Crippen LogP contribution in [0.3, 0.4) is 0 Å². The summed E-state index contributed by atoms with van der Waals surface area (Å²) in [6.45, 7) is -0.0995. The maximum absolute atomic E-state index is 13.7. The molecule has 5 nitrogen and oxygen atoms in total. The summed E-state index contributed by atoms with van der Waals surface area (Å²) in [6.07, 6.45) is 1.32. The number of benzene rings is 2. The predicted molar refractivity (Wildman–Crippen MR) is 97.8 cm³/mol. The maximum atomic E-state index is 13.7. The van der Waals surface area contributed by atoms with Gasteiger partial charge in [-0.05, 0) is 36.0 Å². The SMILES string of the molecule is O=C(NCCN1C(=O)SC(=Cc2ccccc2F)C1=O)c1ccccc1F. The average Bonchev–Trinajstić information content (AvgIpc) is 2.91. The van der Waals surface area contributed by atoms with Crippen LogP contribution in [0.4, 0.5) is 13.6 Å². The number of carbonyl (C=O) groups is 3. The van der Waals surface area contributed by atoms with Gasteiger partial charge in [0.15, 0.2) is 0 Å². The van der Waals surface area contributed by atoms with Gasteiger partial charge in [0.2, 0.25) is 0 Å². The number of nitrogens with one attached hydrogen (secondary N) is 1. The van der Waals surface area contributed by atoms with Crippen molar-refractivity contribution in [2.45, 2.75) is 0 Å². The minimum Gasteiger partial charge on any atom is -0.350 e. The molecular weight excluding hydrogens is 374 g/mol. The molecule has 0 radical (unpaired) electrons. The smallest absolute Gasteiger partial charge is 0.293 e. The van der Waals surface area contributed by atoms with E-state index in [4.69, 9.17) is 0 Å². The van der Waals surface area contributed by atoms with Crippen molar-refractivity contribution < 1.29 is 23.2 Å². The monoisotopic (exact) mass is 388 g/mol. The number of thioether (sulfide) groups is 1. The molecular formula is C19H14F2N2O3S. The van der Waals surface area contributed by atoms with E-state index in [2.05, 4.69) is 5.32 Å². The van der Waals surface area contributed by atoms with Crippen molar-refractivity contribution in [1.82, 2.24) is 10.2 Å². The molecule has 3 amide bonds. The quantitative estimate of drug-likeness (QED) is 0.797. The molecule has 1 fully saturated rings. The summed E-state index contributed by atoms with van der Waals surface area (Å²) in [7, 11) is 0. The van der Waals surface area contributed by atoms with Crippen molar-refractivity contribution in [3.8, 4) is 0 Å². The number of imide groups is 1. The van der Waals surface area contributed by atoms with E-state index in [0.717, 1.165) is 4.90 Å². The number of nitrogens with zero attached hydrogens (tertiary/aromatic N) is 1. The summed E-state index contributed by atoms with van der Waals surface area (Å²) < 4.78 is 27.3. The summed E-state index contributed by atoms with van der Waals surface area (Å²) in [5, 5.41) is 1.96. The molecule has 0 aliphatic carbocycles. The van der Waals surface area contributed by atoms with Crippen LogP contribution >= 0.6 is 11.8 Å². The second-order valence-electron chi connectivity index (χ2n) is 5.59. The summed E-state index contributed by atoms with van der Waals surface area (Å²) in [4.78, 5) is 37.4. The lowest BCUT2D eigenvalue weighted by Crippen LogP contribution is -2.37. The molecule has 1 saturated heterocycles. The van der Waals surface area contributed by atoms with Gasteiger partial charge in [0.05, 0.1) is 10.5 Å². The number of rotatable bonds is 5. The highest BCUT2D eigenvalue weighted by atomic mass is 32.2. The topological polar surface area (TPSA) is 66.5 Å². The number of hydrogen-bond donors (Lipinski definition) is 1. The lowest BCUT2D eigenvalue weighted by atomic mass is 10.2. The van der Waals surface area contributed by atoms with E-state index in [1.807, 2.05) is 0 Å². The Bertz CT molecular complexity index is 946. The van der Waals surface area contributed by atoms with Gasteiger partial charge in [-0.2, -0.15) is 0 Å². The Balaban J connectivity index is 1.62. The number of halogens is 2. The van der Waals surface area contributed by atoms with Crippen LogP contribution in [0.2, 0.25) is 0 Å². The maximum Gasteiger partial charge on any atom is 0.293 e. The van der Waals surface area contributed by atoms with Gasteiger partial charge in [0.25, 0.3) is 17.1 Å². The first-order valence-corrected chi connectivity index (χ1v) is 8.81. The first kappa shape index (κ1) is 18.8. The normalized spacial score (nSPS) is 15.5. The Morgan fingerprint density at radius 1 is 1.04 bits per heavy atom. The highest BCUT2D eigenvalue weighted by molar-refractivity contribution is 8.18. The first-order valence-electron chi connectivity index (χ1n) is 8.00. The molecule has 8 heteroatoms. The lowest BCUT2D eigenvalue weighted by Gasteiger charge is -2.13. The molecule has 0 aromatic heterocycles. The van der Waals surface area contributed by atoms with Crippen LogP contribution in [0.25, 0.3) is 6.08 Å². The fraction of sp³-hybridized carbons (Fsp3) is 0.105. The highest BCUT2D eigenvalue weighted by Gasteiger charge is 2.34. The fourth-order valence-corrected chi connectivity index (χ4v) is 3.30. The van der Waals surface area contributed by atoms with E-state index in [1.165, 1.54) is 48.5 Å². The Morgan fingerprint density at radius 2 is 1.70 bits per heavy atom. The largest absolute Gasteiger partial charge is 0.350 e. The summed E-state index contributed by atoms with van der Waals surface area (Å²) in [5.41, 5.74) is 0.0851. The van der Waals surface area contributed by atoms with Crippen LogP contribution in [0.5, 0.6) is 0 Å². The average molecular weight is 388 g/mol. The van der Waals surface area contributed by atoms with Crippen molar-refractivity contribution in [1.29, 1.82) is 0 Å². The van der Waals surface area contributed by atoms with Crippen molar-refractivity contribution in [2.24, 2.45) is 0 Å². The van der Waals surface area contributed by atoms with Crippen molar-refractivity contribution in [3.63, 3.8) is 0 Å². The molecule has 0 unspecified atom stereocenters. The third kappa shape index (κ3) is 4.22. The Labute approximate surface area is 158 Å². The molecule has 1 aliphatic rings. The van der Waals surface area contributed by atoms with Crippen molar-refractivity contribution in [2.75, 3.05) is 13.1 Å². The van der Waals surface area contributed by atoms with E-state index in [1.54, 1.807) is 6.07 Å². The van der Waals surface area contributed by atoms with Gasteiger partial charge in [-0.25, -0.2) is 8.78 Å². The fourth-order valence-electron chi connectivity index (χ4n) is 2.45. The van der Waals surface area contributed by atoms with Gasteiger partial charge in [-0.15, -0.1) is 0 Å². The van der Waals surface area contributed by atoms with E-state index in [0.29, 0.717) is 11.8 Å². The molecule has 3 rings (SSSR count). The highest BCUT2D eigenvalue weighted by Crippen LogP contribution is 2.32. The minimum absolute atomic E-state index is 0.0296. The molecule has 1 N–H and O–H groups in total. The molecule has 138 valence electrons. The van der Waals surface area contributed by atoms with Gasteiger partial charge in [-0.1, -0.05) is 30.3 Å².